The van der Waals surface area contributed by atoms with Gasteiger partial charge in [0.05, 0.1) is 13.5 Å². The maximum atomic E-state index is 12.6. The first kappa shape index (κ1) is 20.8. The van der Waals surface area contributed by atoms with E-state index in [0.29, 0.717) is 17.3 Å². The lowest BCUT2D eigenvalue weighted by molar-refractivity contribution is -0.129. The summed E-state index contributed by atoms with van der Waals surface area (Å²) in [5.41, 5.74) is 1.72. The van der Waals surface area contributed by atoms with Crippen LogP contribution in [0.15, 0.2) is 48.5 Å². The monoisotopic (exact) mass is 388 g/mol. The number of nitrogens with one attached hydrogen (secondary N) is 2. The standard InChI is InChI=1S/C21H25ClN2O3/c1-14(2)20(24-19(25)12-15-8-10-17(22)11-9-15)21(26)23-13-16-6-4-5-7-18(16)27-3/h4-11,14,20H,12-13H2,1-3H3,(H,23,26)(H,24,25). The maximum absolute atomic E-state index is 12.6. The van der Waals surface area contributed by atoms with Crippen molar-refractivity contribution < 1.29 is 14.3 Å². The van der Waals surface area contributed by atoms with Gasteiger partial charge in [-0.1, -0.05) is 55.8 Å². The molecule has 0 heterocycles. The third-order valence-electron chi connectivity index (χ3n) is 4.19. The second-order valence-electron chi connectivity index (χ2n) is 6.62. The number of rotatable bonds is 8. The van der Waals surface area contributed by atoms with Crippen LogP contribution in [0, 0.1) is 5.92 Å². The van der Waals surface area contributed by atoms with E-state index in [1.54, 1.807) is 31.4 Å². The van der Waals surface area contributed by atoms with Crippen molar-refractivity contribution in [1.82, 2.24) is 10.6 Å². The quantitative estimate of drug-likeness (QED) is 0.728. The summed E-state index contributed by atoms with van der Waals surface area (Å²) >= 11 is 5.86. The molecule has 0 fully saturated rings. The van der Waals surface area contributed by atoms with E-state index >= 15 is 0 Å². The number of methoxy groups -OCH3 is 1. The Morgan fingerprint density at radius 2 is 1.74 bits per heavy atom. The number of ether oxygens (including phenoxy) is 1. The van der Waals surface area contributed by atoms with E-state index in [0.717, 1.165) is 11.1 Å². The molecule has 1 unspecified atom stereocenters. The van der Waals surface area contributed by atoms with Gasteiger partial charge in [-0.05, 0) is 29.7 Å². The number of hydrogen-bond donors (Lipinski definition) is 2. The fraction of sp³-hybridized carbons (Fsp3) is 0.333. The van der Waals surface area contributed by atoms with Crippen LogP contribution >= 0.6 is 11.6 Å². The van der Waals surface area contributed by atoms with Crippen molar-refractivity contribution in [3.8, 4) is 5.75 Å². The summed E-state index contributed by atoms with van der Waals surface area (Å²) in [6.45, 7) is 4.13. The lowest BCUT2D eigenvalue weighted by atomic mass is 10.0. The molecule has 5 nitrogen and oxygen atoms in total. The molecule has 0 radical (unpaired) electrons. The number of hydrogen-bond acceptors (Lipinski definition) is 3. The Morgan fingerprint density at radius 1 is 1.07 bits per heavy atom. The van der Waals surface area contributed by atoms with Crippen LogP contribution < -0.4 is 15.4 Å². The van der Waals surface area contributed by atoms with Crippen molar-refractivity contribution in [3.63, 3.8) is 0 Å². The van der Waals surface area contributed by atoms with Crippen LogP contribution in [0.2, 0.25) is 5.02 Å². The van der Waals surface area contributed by atoms with E-state index in [1.165, 1.54) is 0 Å². The highest BCUT2D eigenvalue weighted by Crippen LogP contribution is 2.17. The van der Waals surface area contributed by atoms with E-state index in [2.05, 4.69) is 10.6 Å². The summed E-state index contributed by atoms with van der Waals surface area (Å²) in [4.78, 5) is 25.0. The highest BCUT2D eigenvalue weighted by atomic mass is 35.5. The molecule has 2 aromatic carbocycles. The zero-order valence-electron chi connectivity index (χ0n) is 15.8. The molecule has 2 N–H and O–H groups in total. The van der Waals surface area contributed by atoms with Crippen molar-refractivity contribution in [2.45, 2.75) is 32.9 Å². The Bertz CT molecular complexity index is 775. The number of amides is 2. The lowest BCUT2D eigenvalue weighted by Gasteiger charge is -2.22. The first-order chi connectivity index (χ1) is 12.9. The highest BCUT2D eigenvalue weighted by molar-refractivity contribution is 6.30. The Morgan fingerprint density at radius 3 is 2.37 bits per heavy atom. The molecule has 144 valence electrons. The smallest absolute Gasteiger partial charge is 0.243 e. The van der Waals surface area contributed by atoms with Gasteiger partial charge in [0.15, 0.2) is 0 Å². The minimum atomic E-state index is -0.612. The Hall–Kier alpha value is -2.53. The third-order valence-corrected chi connectivity index (χ3v) is 4.44. The van der Waals surface area contributed by atoms with E-state index in [-0.39, 0.29) is 24.2 Å². The molecule has 0 aliphatic rings. The molecule has 0 aliphatic heterocycles. The second-order valence-corrected chi connectivity index (χ2v) is 7.06. The molecule has 6 heteroatoms. The molecular weight excluding hydrogens is 364 g/mol. The molecular formula is C21H25ClN2O3. The molecule has 0 spiro atoms. The molecule has 0 aliphatic carbocycles. The van der Waals surface area contributed by atoms with Crippen LogP contribution in [0.25, 0.3) is 0 Å². The normalized spacial score (nSPS) is 11.7. The Labute approximate surface area is 165 Å². The molecule has 27 heavy (non-hydrogen) atoms. The zero-order chi connectivity index (χ0) is 19.8. The van der Waals surface area contributed by atoms with Crippen molar-refractivity contribution in [3.05, 3.63) is 64.7 Å². The zero-order valence-corrected chi connectivity index (χ0v) is 16.5. The molecule has 0 bridgehead atoms. The number of para-hydroxylation sites is 1. The lowest BCUT2D eigenvalue weighted by Crippen LogP contribution is -2.49. The van der Waals surface area contributed by atoms with Crippen LogP contribution in [-0.2, 0) is 22.6 Å². The summed E-state index contributed by atoms with van der Waals surface area (Å²) in [6.07, 6.45) is 0.195. The molecule has 2 aromatic rings. The SMILES string of the molecule is COc1ccccc1CNC(=O)C(NC(=O)Cc1ccc(Cl)cc1)C(C)C. The first-order valence-corrected chi connectivity index (χ1v) is 9.22. The number of carbonyl (C=O) groups excluding carboxylic acids is 2. The molecule has 1 atom stereocenters. The van der Waals surface area contributed by atoms with Gasteiger partial charge in [-0.2, -0.15) is 0 Å². The van der Waals surface area contributed by atoms with Crippen LogP contribution in [0.5, 0.6) is 5.75 Å². The van der Waals surface area contributed by atoms with Crippen LogP contribution in [0.1, 0.15) is 25.0 Å². The predicted octanol–water partition coefficient (Wildman–Crippen LogP) is 3.35. The van der Waals surface area contributed by atoms with Gasteiger partial charge in [0, 0.05) is 17.1 Å². The van der Waals surface area contributed by atoms with Gasteiger partial charge < -0.3 is 15.4 Å². The molecule has 2 amide bonds. The van der Waals surface area contributed by atoms with Crippen LogP contribution in [-0.4, -0.2) is 25.0 Å². The maximum Gasteiger partial charge on any atom is 0.243 e. The summed E-state index contributed by atoms with van der Waals surface area (Å²) in [5, 5.41) is 6.33. The van der Waals surface area contributed by atoms with Crippen molar-refractivity contribution in [2.75, 3.05) is 7.11 Å². The van der Waals surface area contributed by atoms with Crippen molar-refractivity contribution in [2.24, 2.45) is 5.92 Å². The Kier molecular flexibility index (Phi) is 7.67. The van der Waals surface area contributed by atoms with Gasteiger partial charge in [0.1, 0.15) is 11.8 Å². The average Bonchev–Trinajstić information content (AvgIpc) is 2.66. The van der Waals surface area contributed by atoms with Gasteiger partial charge in [-0.3, -0.25) is 9.59 Å². The van der Waals surface area contributed by atoms with E-state index < -0.39 is 6.04 Å². The summed E-state index contributed by atoms with van der Waals surface area (Å²) in [5.74, 6) is 0.242. The Balaban J connectivity index is 1.95. The van der Waals surface area contributed by atoms with Gasteiger partial charge in [0.25, 0.3) is 0 Å². The topological polar surface area (TPSA) is 67.4 Å². The van der Waals surface area contributed by atoms with Gasteiger partial charge >= 0.3 is 0 Å². The number of halogens is 1. The fourth-order valence-corrected chi connectivity index (χ4v) is 2.81. The number of benzene rings is 2. The summed E-state index contributed by atoms with van der Waals surface area (Å²) in [6, 6.07) is 14.0. The number of carbonyl (C=O) groups is 2. The molecule has 0 saturated carbocycles. The summed E-state index contributed by atoms with van der Waals surface area (Å²) in [7, 11) is 1.59. The van der Waals surface area contributed by atoms with Crippen molar-refractivity contribution in [1.29, 1.82) is 0 Å². The largest absolute Gasteiger partial charge is 0.496 e. The van der Waals surface area contributed by atoms with Crippen molar-refractivity contribution >= 4 is 23.4 Å². The highest BCUT2D eigenvalue weighted by Gasteiger charge is 2.24. The van der Waals surface area contributed by atoms with Gasteiger partial charge in [0.2, 0.25) is 11.8 Å². The molecule has 0 saturated heterocycles. The average molecular weight is 389 g/mol. The summed E-state index contributed by atoms with van der Waals surface area (Å²) < 4.78 is 5.29. The van der Waals surface area contributed by atoms with E-state index in [4.69, 9.17) is 16.3 Å². The van der Waals surface area contributed by atoms with E-state index in [1.807, 2.05) is 38.1 Å². The molecule has 0 aromatic heterocycles. The van der Waals surface area contributed by atoms with Gasteiger partial charge in [-0.25, -0.2) is 0 Å². The van der Waals surface area contributed by atoms with Crippen LogP contribution in [0.3, 0.4) is 0 Å². The minimum Gasteiger partial charge on any atom is -0.496 e. The van der Waals surface area contributed by atoms with Gasteiger partial charge in [-0.15, -0.1) is 0 Å². The fourth-order valence-electron chi connectivity index (χ4n) is 2.69. The second kappa shape index (κ2) is 9.97. The van der Waals surface area contributed by atoms with Crippen LogP contribution in [0.4, 0.5) is 0 Å². The first-order valence-electron chi connectivity index (χ1n) is 8.84. The molecule has 2 rings (SSSR count). The predicted molar refractivity (Wildman–Crippen MR) is 107 cm³/mol. The third kappa shape index (κ3) is 6.29. The minimum absolute atomic E-state index is 0.0446. The van der Waals surface area contributed by atoms with E-state index in [9.17, 15) is 9.59 Å².